The van der Waals surface area contributed by atoms with Gasteiger partial charge in [0.1, 0.15) is 6.54 Å². The van der Waals surface area contributed by atoms with E-state index in [4.69, 9.17) is 4.52 Å². The Morgan fingerprint density at radius 1 is 0.968 bits per heavy atom. The van der Waals surface area contributed by atoms with Crippen LogP contribution in [-0.4, -0.2) is 46.5 Å². The molecule has 0 atom stereocenters. The van der Waals surface area contributed by atoms with Crippen LogP contribution < -0.4 is 4.90 Å². The minimum atomic E-state index is -0.220. The lowest BCUT2D eigenvalue weighted by Crippen LogP contribution is -2.45. The van der Waals surface area contributed by atoms with Crippen molar-refractivity contribution in [1.82, 2.24) is 15.0 Å². The van der Waals surface area contributed by atoms with Crippen LogP contribution in [0.15, 0.2) is 53.1 Å². The summed E-state index contributed by atoms with van der Waals surface area (Å²) in [6.07, 6.45) is 3.18. The number of carbonyl (C=O) groups is 2. The zero-order chi connectivity index (χ0) is 21.8. The van der Waals surface area contributed by atoms with E-state index in [1.807, 2.05) is 36.1 Å². The number of aryl methyl sites for hydroxylation is 2. The fraction of sp³-hybridized carbons (Fsp3) is 0.333. The van der Waals surface area contributed by atoms with E-state index in [0.717, 1.165) is 43.5 Å². The number of rotatable bonds is 5. The molecule has 0 radical (unpaired) electrons. The van der Waals surface area contributed by atoms with E-state index < -0.39 is 0 Å². The highest BCUT2D eigenvalue weighted by Crippen LogP contribution is 2.22. The Kier molecular flexibility index (Phi) is 6.11. The summed E-state index contributed by atoms with van der Waals surface area (Å²) in [5, 5.41) is 3.80. The van der Waals surface area contributed by atoms with Gasteiger partial charge in [0.15, 0.2) is 5.82 Å². The van der Waals surface area contributed by atoms with E-state index in [0.29, 0.717) is 23.0 Å². The van der Waals surface area contributed by atoms with Crippen LogP contribution in [0.3, 0.4) is 0 Å². The van der Waals surface area contributed by atoms with Gasteiger partial charge in [0.2, 0.25) is 5.91 Å². The van der Waals surface area contributed by atoms with Gasteiger partial charge in [-0.2, -0.15) is 4.98 Å². The second kappa shape index (κ2) is 9.12. The average Bonchev–Trinajstić information content (AvgIpc) is 3.24. The van der Waals surface area contributed by atoms with Gasteiger partial charge in [-0.25, -0.2) is 0 Å². The second-order valence-electron chi connectivity index (χ2n) is 7.89. The number of hydrogen-bond donors (Lipinski definition) is 0. The fourth-order valence-electron chi connectivity index (χ4n) is 3.71. The molecule has 1 aliphatic rings. The number of amides is 2. The van der Waals surface area contributed by atoms with Crippen molar-refractivity contribution in [2.45, 2.75) is 33.1 Å². The topological polar surface area (TPSA) is 79.5 Å². The lowest BCUT2D eigenvalue weighted by molar-refractivity contribution is -0.130. The van der Waals surface area contributed by atoms with Crippen LogP contribution in [-0.2, 0) is 4.79 Å². The highest BCUT2D eigenvalue weighted by atomic mass is 16.5. The largest absolute Gasteiger partial charge is 0.341 e. The van der Waals surface area contributed by atoms with Crippen LogP contribution >= 0.6 is 0 Å². The molecule has 1 fully saturated rings. The van der Waals surface area contributed by atoms with E-state index in [1.54, 1.807) is 36.1 Å². The standard InChI is InChI=1S/C24H26N4O3/c1-17-6-12-21(13-7-17)28(16-22(29)27-14-4-3-5-15-27)24(30)20-10-8-19(9-11-20)23-25-18(2)26-31-23/h6-13H,3-5,14-16H2,1-2H3. The number of nitrogens with zero attached hydrogens (tertiary/aromatic N) is 4. The Bertz CT molecular complexity index is 1050. The monoisotopic (exact) mass is 418 g/mol. The molecule has 1 aliphatic heterocycles. The Balaban J connectivity index is 1.58. The Morgan fingerprint density at radius 2 is 1.65 bits per heavy atom. The molecule has 0 unspecified atom stereocenters. The molecule has 1 aromatic heterocycles. The molecule has 0 spiro atoms. The van der Waals surface area contributed by atoms with Gasteiger partial charge in [0, 0.05) is 29.9 Å². The molecule has 2 aromatic carbocycles. The third kappa shape index (κ3) is 4.82. The van der Waals surface area contributed by atoms with Gasteiger partial charge in [-0.15, -0.1) is 0 Å². The zero-order valence-electron chi connectivity index (χ0n) is 17.9. The number of carbonyl (C=O) groups excluding carboxylic acids is 2. The predicted molar refractivity (Wildman–Crippen MR) is 118 cm³/mol. The predicted octanol–water partition coefficient (Wildman–Crippen LogP) is 4.01. The molecule has 0 N–H and O–H groups in total. The lowest BCUT2D eigenvalue weighted by atomic mass is 10.1. The maximum atomic E-state index is 13.4. The number of benzene rings is 2. The summed E-state index contributed by atoms with van der Waals surface area (Å²) in [6, 6.07) is 14.7. The molecule has 31 heavy (non-hydrogen) atoms. The summed E-state index contributed by atoms with van der Waals surface area (Å²) in [4.78, 5) is 34.0. The summed E-state index contributed by atoms with van der Waals surface area (Å²) in [6.45, 7) is 5.28. The van der Waals surface area contributed by atoms with Crippen molar-refractivity contribution in [3.63, 3.8) is 0 Å². The van der Waals surface area contributed by atoms with Crippen molar-refractivity contribution < 1.29 is 14.1 Å². The van der Waals surface area contributed by atoms with Gasteiger partial charge in [-0.3, -0.25) is 14.5 Å². The van der Waals surface area contributed by atoms with Crippen LogP contribution in [0.1, 0.15) is 41.0 Å². The molecule has 3 aromatic rings. The van der Waals surface area contributed by atoms with Crippen molar-refractivity contribution >= 4 is 17.5 Å². The summed E-state index contributed by atoms with van der Waals surface area (Å²) in [5.41, 5.74) is 3.03. The van der Waals surface area contributed by atoms with E-state index in [2.05, 4.69) is 10.1 Å². The van der Waals surface area contributed by atoms with Gasteiger partial charge in [0.25, 0.3) is 11.8 Å². The fourth-order valence-corrected chi connectivity index (χ4v) is 3.71. The highest BCUT2D eigenvalue weighted by molar-refractivity contribution is 6.08. The smallest absolute Gasteiger partial charge is 0.258 e. The van der Waals surface area contributed by atoms with Crippen molar-refractivity contribution in [2.75, 3.05) is 24.5 Å². The highest BCUT2D eigenvalue weighted by Gasteiger charge is 2.25. The third-order valence-corrected chi connectivity index (χ3v) is 5.50. The summed E-state index contributed by atoms with van der Waals surface area (Å²) in [5.74, 6) is 0.721. The van der Waals surface area contributed by atoms with Gasteiger partial charge < -0.3 is 9.42 Å². The van der Waals surface area contributed by atoms with E-state index in [1.165, 1.54) is 0 Å². The van der Waals surface area contributed by atoms with Crippen molar-refractivity contribution in [3.05, 3.63) is 65.5 Å². The molecule has 7 nitrogen and oxygen atoms in total. The Hall–Kier alpha value is -3.48. The van der Waals surface area contributed by atoms with Crippen LogP contribution in [0.25, 0.3) is 11.5 Å². The first-order valence-electron chi connectivity index (χ1n) is 10.6. The maximum Gasteiger partial charge on any atom is 0.258 e. The van der Waals surface area contributed by atoms with Crippen molar-refractivity contribution in [3.8, 4) is 11.5 Å². The second-order valence-corrected chi connectivity index (χ2v) is 7.89. The molecule has 1 saturated heterocycles. The number of piperidine rings is 1. The first kappa shape index (κ1) is 20.8. The first-order valence-corrected chi connectivity index (χ1v) is 10.6. The minimum Gasteiger partial charge on any atom is -0.341 e. The van der Waals surface area contributed by atoms with Gasteiger partial charge >= 0.3 is 0 Å². The molecule has 4 rings (SSSR count). The number of hydrogen-bond acceptors (Lipinski definition) is 5. The Labute approximate surface area is 181 Å². The average molecular weight is 418 g/mol. The molecular formula is C24H26N4O3. The molecule has 0 bridgehead atoms. The summed E-state index contributed by atoms with van der Waals surface area (Å²) >= 11 is 0. The zero-order valence-corrected chi connectivity index (χ0v) is 17.9. The summed E-state index contributed by atoms with van der Waals surface area (Å²) < 4.78 is 5.19. The number of aromatic nitrogens is 2. The molecule has 160 valence electrons. The van der Waals surface area contributed by atoms with Crippen molar-refractivity contribution in [2.24, 2.45) is 0 Å². The molecular weight excluding hydrogens is 392 g/mol. The number of anilines is 1. The van der Waals surface area contributed by atoms with Crippen LogP contribution in [0.2, 0.25) is 0 Å². The number of likely N-dealkylation sites (tertiary alicyclic amines) is 1. The van der Waals surface area contributed by atoms with E-state index in [-0.39, 0.29) is 18.4 Å². The third-order valence-electron chi connectivity index (χ3n) is 5.50. The molecule has 0 aliphatic carbocycles. The maximum absolute atomic E-state index is 13.4. The normalized spacial score (nSPS) is 13.8. The molecule has 2 amide bonds. The van der Waals surface area contributed by atoms with Crippen molar-refractivity contribution in [1.29, 1.82) is 0 Å². The van der Waals surface area contributed by atoms with Crippen LogP contribution in [0.4, 0.5) is 5.69 Å². The van der Waals surface area contributed by atoms with Gasteiger partial charge in [-0.1, -0.05) is 22.9 Å². The van der Waals surface area contributed by atoms with Gasteiger partial charge in [-0.05, 0) is 69.5 Å². The van der Waals surface area contributed by atoms with Crippen LogP contribution in [0.5, 0.6) is 0 Å². The Morgan fingerprint density at radius 3 is 2.26 bits per heavy atom. The minimum absolute atomic E-state index is 0.0203. The lowest BCUT2D eigenvalue weighted by Gasteiger charge is -2.30. The molecule has 0 saturated carbocycles. The van der Waals surface area contributed by atoms with E-state index >= 15 is 0 Å². The first-order chi connectivity index (χ1) is 15.0. The quantitative estimate of drug-likeness (QED) is 0.625. The van der Waals surface area contributed by atoms with E-state index in [9.17, 15) is 9.59 Å². The van der Waals surface area contributed by atoms with Crippen LogP contribution in [0, 0.1) is 13.8 Å². The van der Waals surface area contributed by atoms with Gasteiger partial charge in [0.05, 0.1) is 0 Å². The SMILES string of the molecule is Cc1ccc(N(CC(=O)N2CCCCC2)C(=O)c2ccc(-c3nc(C)no3)cc2)cc1. The molecule has 2 heterocycles. The summed E-state index contributed by atoms with van der Waals surface area (Å²) in [7, 11) is 0. The molecule has 7 heteroatoms.